The van der Waals surface area contributed by atoms with Crippen LogP contribution in [0.25, 0.3) is 0 Å². The van der Waals surface area contributed by atoms with Gasteiger partial charge in [0.1, 0.15) is 6.29 Å². The van der Waals surface area contributed by atoms with E-state index in [0.29, 0.717) is 13.0 Å². The quantitative estimate of drug-likeness (QED) is 0.679. The molecule has 0 radical (unpaired) electrons. The van der Waals surface area contributed by atoms with E-state index in [4.69, 9.17) is 9.47 Å². The minimum atomic E-state index is 0.0501. The first-order chi connectivity index (χ1) is 8.40. The van der Waals surface area contributed by atoms with E-state index in [-0.39, 0.29) is 12.2 Å². The standard InChI is InChI=1S/C14H18O3/c15-9-4-7-13(14-8-10-16-14)17-11-12-5-2-1-3-6-12/h1-3,5-6,9,13-14H,4,7-8,10-11H2/t13-,14-/m1/s1. The minimum Gasteiger partial charge on any atom is -0.375 e. The van der Waals surface area contributed by atoms with Crippen molar-refractivity contribution in [3.05, 3.63) is 35.9 Å². The summed E-state index contributed by atoms with van der Waals surface area (Å²) < 4.78 is 11.3. The number of aldehydes is 1. The average Bonchev–Trinajstić information content (AvgIpc) is 2.31. The molecule has 0 unspecified atom stereocenters. The minimum absolute atomic E-state index is 0.0501. The van der Waals surface area contributed by atoms with Gasteiger partial charge in [0, 0.05) is 13.0 Å². The van der Waals surface area contributed by atoms with Crippen molar-refractivity contribution in [2.75, 3.05) is 6.61 Å². The Bertz CT molecular complexity index is 333. The smallest absolute Gasteiger partial charge is 0.120 e. The molecule has 1 aliphatic heterocycles. The van der Waals surface area contributed by atoms with Crippen molar-refractivity contribution in [2.24, 2.45) is 0 Å². The number of benzene rings is 1. The van der Waals surface area contributed by atoms with E-state index in [0.717, 1.165) is 31.3 Å². The van der Waals surface area contributed by atoms with Gasteiger partial charge in [0.2, 0.25) is 0 Å². The van der Waals surface area contributed by atoms with Crippen molar-refractivity contribution in [1.82, 2.24) is 0 Å². The normalized spacial score (nSPS) is 20.6. The molecule has 2 atom stereocenters. The summed E-state index contributed by atoms with van der Waals surface area (Å²) in [5.41, 5.74) is 1.16. The van der Waals surface area contributed by atoms with Crippen LogP contribution in [0.15, 0.2) is 30.3 Å². The van der Waals surface area contributed by atoms with Crippen molar-refractivity contribution in [1.29, 1.82) is 0 Å². The molecule has 2 rings (SSSR count). The molecular formula is C14H18O3. The highest BCUT2D eigenvalue weighted by Gasteiger charge is 2.28. The lowest BCUT2D eigenvalue weighted by atomic mass is 10.0. The second-order valence-corrected chi connectivity index (χ2v) is 4.28. The largest absolute Gasteiger partial charge is 0.375 e. The third-order valence-electron chi connectivity index (χ3n) is 3.02. The maximum atomic E-state index is 10.4. The van der Waals surface area contributed by atoms with Crippen molar-refractivity contribution < 1.29 is 14.3 Å². The number of carbonyl (C=O) groups is 1. The van der Waals surface area contributed by atoms with Gasteiger partial charge < -0.3 is 14.3 Å². The summed E-state index contributed by atoms with van der Waals surface area (Å²) in [6.45, 7) is 1.40. The molecule has 0 saturated carbocycles. The lowest BCUT2D eigenvalue weighted by molar-refractivity contribution is -0.145. The number of ether oxygens (including phenoxy) is 2. The lowest BCUT2D eigenvalue weighted by Gasteiger charge is -2.33. The van der Waals surface area contributed by atoms with Gasteiger partial charge in [-0.15, -0.1) is 0 Å². The van der Waals surface area contributed by atoms with Gasteiger partial charge in [0.05, 0.1) is 18.8 Å². The fourth-order valence-electron chi connectivity index (χ4n) is 1.93. The monoisotopic (exact) mass is 234 g/mol. The Morgan fingerprint density at radius 2 is 2.18 bits per heavy atom. The number of carbonyl (C=O) groups excluding carboxylic acids is 1. The molecule has 1 heterocycles. The topological polar surface area (TPSA) is 35.5 Å². The van der Waals surface area contributed by atoms with E-state index >= 15 is 0 Å². The van der Waals surface area contributed by atoms with E-state index in [1.54, 1.807) is 0 Å². The van der Waals surface area contributed by atoms with Crippen LogP contribution in [0, 0.1) is 0 Å². The Morgan fingerprint density at radius 1 is 1.41 bits per heavy atom. The second kappa shape index (κ2) is 6.52. The predicted molar refractivity (Wildman–Crippen MR) is 64.7 cm³/mol. The zero-order valence-electron chi connectivity index (χ0n) is 9.88. The summed E-state index contributed by atoms with van der Waals surface area (Å²) in [5.74, 6) is 0. The summed E-state index contributed by atoms with van der Waals surface area (Å²) in [6, 6.07) is 10.1. The van der Waals surface area contributed by atoms with Gasteiger partial charge in [-0.2, -0.15) is 0 Å². The van der Waals surface area contributed by atoms with Crippen LogP contribution in [-0.2, 0) is 20.9 Å². The van der Waals surface area contributed by atoms with Crippen LogP contribution in [0.2, 0.25) is 0 Å². The zero-order valence-corrected chi connectivity index (χ0v) is 9.88. The van der Waals surface area contributed by atoms with Crippen molar-refractivity contribution in [3.63, 3.8) is 0 Å². The Kier molecular flexibility index (Phi) is 4.71. The van der Waals surface area contributed by atoms with Crippen molar-refractivity contribution in [2.45, 2.75) is 38.1 Å². The predicted octanol–water partition coefficient (Wildman–Crippen LogP) is 2.34. The number of rotatable bonds is 7. The Hall–Kier alpha value is -1.19. The molecule has 1 aliphatic rings. The Labute approximate surface area is 102 Å². The van der Waals surface area contributed by atoms with Crippen LogP contribution >= 0.6 is 0 Å². The van der Waals surface area contributed by atoms with E-state index in [9.17, 15) is 4.79 Å². The second-order valence-electron chi connectivity index (χ2n) is 4.28. The third-order valence-corrected chi connectivity index (χ3v) is 3.02. The highest BCUT2D eigenvalue weighted by Crippen LogP contribution is 2.22. The van der Waals surface area contributed by atoms with Gasteiger partial charge in [0.15, 0.2) is 0 Å². The zero-order chi connectivity index (χ0) is 11.9. The van der Waals surface area contributed by atoms with Crippen LogP contribution in [-0.4, -0.2) is 25.1 Å². The van der Waals surface area contributed by atoms with Crippen molar-refractivity contribution in [3.8, 4) is 0 Å². The van der Waals surface area contributed by atoms with Crippen LogP contribution in [0.4, 0.5) is 0 Å². The van der Waals surface area contributed by atoms with Crippen molar-refractivity contribution >= 4 is 6.29 Å². The first-order valence-corrected chi connectivity index (χ1v) is 6.11. The average molecular weight is 234 g/mol. The summed E-state index contributed by atoms with van der Waals surface area (Å²) in [6.07, 6.45) is 3.50. The SMILES string of the molecule is O=CCC[C@@H](OCc1ccccc1)[C@H]1CCO1. The molecule has 0 aliphatic carbocycles. The molecule has 1 aromatic carbocycles. The molecule has 1 saturated heterocycles. The van der Waals surface area contributed by atoms with E-state index in [2.05, 4.69) is 0 Å². The summed E-state index contributed by atoms with van der Waals surface area (Å²) in [5, 5.41) is 0. The van der Waals surface area contributed by atoms with E-state index in [1.165, 1.54) is 0 Å². The van der Waals surface area contributed by atoms with Gasteiger partial charge >= 0.3 is 0 Å². The van der Waals surface area contributed by atoms with Gasteiger partial charge in [-0.25, -0.2) is 0 Å². The molecule has 0 amide bonds. The molecule has 0 spiro atoms. The van der Waals surface area contributed by atoms with Gasteiger partial charge in [-0.05, 0) is 18.4 Å². The maximum Gasteiger partial charge on any atom is 0.120 e. The molecule has 92 valence electrons. The lowest BCUT2D eigenvalue weighted by Crippen LogP contribution is -2.40. The number of hydrogen-bond acceptors (Lipinski definition) is 3. The third kappa shape index (κ3) is 3.65. The molecule has 3 heteroatoms. The van der Waals surface area contributed by atoms with Gasteiger partial charge in [0.25, 0.3) is 0 Å². The molecular weight excluding hydrogens is 216 g/mol. The van der Waals surface area contributed by atoms with E-state index < -0.39 is 0 Å². The van der Waals surface area contributed by atoms with Gasteiger partial charge in [-0.3, -0.25) is 0 Å². The molecule has 1 aromatic rings. The maximum absolute atomic E-state index is 10.4. The fourth-order valence-corrected chi connectivity index (χ4v) is 1.93. The van der Waals surface area contributed by atoms with Crippen LogP contribution in [0.5, 0.6) is 0 Å². The summed E-state index contributed by atoms with van der Waals surface area (Å²) >= 11 is 0. The van der Waals surface area contributed by atoms with Crippen LogP contribution < -0.4 is 0 Å². The van der Waals surface area contributed by atoms with E-state index in [1.807, 2.05) is 30.3 Å². The van der Waals surface area contributed by atoms with Gasteiger partial charge in [-0.1, -0.05) is 30.3 Å². The summed E-state index contributed by atoms with van der Waals surface area (Å²) in [7, 11) is 0. The summed E-state index contributed by atoms with van der Waals surface area (Å²) in [4.78, 5) is 10.4. The Balaban J connectivity index is 1.82. The van der Waals surface area contributed by atoms with Crippen LogP contribution in [0.1, 0.15) is 24.8 Å². The highest BCUT2D eigenvalue weighted by molar-refractivity contribution is 5.49. The Morgan fingerprint density at radius 3 is 2.76 bits per heavy atom. The van der Waals surface area contributed by atoms with Crippen LogP contribution in [0.3, 0.4) is 0 Å². The molecule has 0 N–H and O–H groups in total. The number of hydrogen-bond donors (Lipinski definition) is 0. The first kappa shape index (κ1) is 12.3. The fraction of sp³-hybridized carbons (Fsp3) is 0.500. The molecule has 17 heavy (non-hydrogen) atoms. The highest BCUT2D eigenvalue weighted by atomic mass is 16.6. The molecule has 0 bridgehead atoms. The molecule has 1 fully saturated rings. The molecule has 0 aromatic heterocycles. The first-order valence-electron chi connectivity index (χ1n) is 6.11. The molecule has 3 nitrogen and oxygen atoms in total.